The van der Waals surface area contributed by atoms with Gasteiger partial charge in [0.1, 0.15) is 5.82 Å². The zero-order chi connectivity index (χ0) is 16.2. The third-order valence-electron chi connectivity index (χ3n) is 4.31. The van der Waals surface area contributed by atoms with Crippen LogP contribution in [0.25, 0.3) is 0 Å². The predicted molar refractivity (Wildman–Crippen MR) is 93.1 cm³/mol. The number of hydrogen-bond acceptors (Lipinski definition) is 3. The molecule has 2 aromatic rings. The van der Waals surface area contributed by atoms with Crippen LogP contribution >= 0.6 is 11.6 Å². The van der Waals surface area contributed by atoms with E-state index in [-0.39, 0.29) is 5.91 Å². The van der Waals surface area contributed by atoms with Crippen molar-refractivity contribution in [1.29, 1.82) is 0 Å². The van der Waals surface area contributed by atoms with Crippen LogP contribution in [0.1, 0.15) is 34.7 Å². The van der Waals surface area contributed by atoms with Gasteiger partial charge in [0.05, 0.1) is 0 Å². The Hall–Kier alpha value is -2.07. The maximum Gasteiger partial charge on any atom is 0.254 e. The number of aromatic nitrogens is 1. The third-order valence-corrected chi connectivity index (χ3v) is 4.57. The van der Waals surface area contributed by atoms with Crippen molar-refractivity contribution in [3.8, 4) is 0 Å². The zero-order valence-corrected chi connectivity index (χ0v) is 13.9. The zero-order valence-electron chi connectivity index (χ0n) is 13.1. The van der Waals surface area contributed by atoms with E-state index in [4.69, 9.17) is 11.6 Å². The number of hydrogen-bond donors (Lipinski definition) is 1. The second-order valence-corrected chi connectivity index (χ2v) is 6.26. The van der Waals surface area contributed by atoms with Gasteiger partial charge in [-0.1, -0.05) is 23.7 Å². The van der Waals surface area contributed by atoms with Gasteiger partial charge < -0.3 is 10.2 Å². The summed E-state index contributed by atoms with van der Waals surface area (Å²) < 4.78 is 0. The Bertz CT molecular complexity index is 687. The van der Waals surface area contributed by atoms with Gasteiger partial charge in [0, 0.05) is 42.8 Å². The number of carbonyl (C=O) groups excluding carboxylic acids is 1. The Kier molecular flexibility index (Phi) is 4.82. The molecule has 1 unspecified atom stereocenters. The molecule has 3 rings (SSSR count). The van der Waals surface area contributed by atoms with Crippen molar-refractivity contribution in [2.24, 2.45) is 0 Å². The van der Waals surface area contributed by atoms with Crippen molar-refractivity contribution in [3.05, 3.63) is 58.7 Å². The minimum atomic E-state index is 0.0718. The standard InChI is InChI=1S/C18H20ClN3O/c1-20-17-11-14(8-9-21-17)18(23)22-10-2-3-15(12-22)13-4-6-16(19)7-5-13/h4-9,11,15H,2-3,10,12H2,1H3,(H,20,21). The quantitative estimate of drug-likeness (QED) is 0.931. The fraction of sp³-hybridized carbons (Fsp3) is 0.333. The number of pyridine rings is 1. The van der Waals surface area contributed by atoms with Gasteiger partial charge in [-0.3, -0.25) is 4.79 Å². The van der Waals surface area contributed by atoms with E-state index in [1.807, 2.05) is 17.0 Å². The summed E-state index contributed by atoms with van der Waals surface area (Å²) in [4.78, 5) is 18.9. The molecule has 2 heterocycles. The molecule has 120 valence electrons. The Morgan fingerprint density at radius 3 is 2.83 bits per heavy atom. The van der Waals surface area contributed by atoms with Crippen molar-refractivity contribution < 1.29 is 4.79 Å². The summed E-state index contributed by atoms with van der Waals surface area (Å²) in [6, 6.07) is 11.5. The highest BCUT2D eigenvalue weighted by Crippen LogP contribution is 2.28. The Morgan fingerprint density at radius 1 is 1.30 bits per heavy atom. The van der Waals surface area contributed by atoms with Gasteiger partial charge in [-0.2, -0.15) is 0 Å². The fourth-order valence-corrected chi connectivity index (χ4v) is 3.18. The lowest BCUT2D eigenvalue weighted by molar-refractivity contribution is 0.0707. The summed E-state index contributed by atoms with van der Waals surface area (Å²) in [6.45, 7) is 1.55. The van der Waals surface area contributed by atoms with Crippen molar-refractivity contribution in [3.63, 3.8) is 0 Å². The molecule has 4 nitrogen and oxygen atoms in total. The smallest absolute Gasteiger partial charge is 0.254 e. The molecule has 1 aromatic carbocycles. The topological polar surface area (TPSA) is 45.2 Å². The van der Waals surface area contributed by atoms with Crippen molar-refractivity contribution in [2.75, 3.05) is 25.5 Å². The van der Waals surface area contributed by atoms with Gasteiger partial charge >= 0.3 is 0 Å². The number of benzene rings is 1. The molecule has 1 aliphatic rings. The Balaban J connectivity index is 1.75. The molecule has 0 aliphatic carbocycles. The van der Waals surface area contributed by atoms with Crippen LogP contribution in [0.4, 0.5) is 5.82 Å². The molecule has 0 spiro atoms. The van der Waals surface area contributed by atoms with Gasteiger partial charge in [0.25, 0.3) is 5.91 Å². The highest BCUT2D eigenvalue weighted by molar-refractivity contribution is 6.30. The SMILES string of the molecule is CNc1cc(C(=O)N2CCCC(c3ccc(Cl)cc3)C2)ccn1. The molecular weight excluding hydrogens is 310 g/mol. The van der Waals surface area contributed by atoms with Crippen LogP contribution in [0.2, 0.25) is 5.02 Å². The summed E-state index contributed by atoms with van der Waals surface area (Å²) in [5, 5.41) is 3.72. The Morgan fingerprint density at radius 2 is 2.09 bits per heavy atom. The first-order chi connectivity index (χ1) is 11.2. The van der Waals surface area contributed by atoms with Crippen LogP contribution in [0.15, 0.2) is 42.6 Å². The van der Waals surface area contributed by atoms with Gasteiger partial charge in [-0.15, -0.1) is 0 Å². The van der Waals surface area contributed by atoms with Crippen molar-refractivity contribution in [2.45, 2.75) is 18.8 Å². The normalized spacial score (nSPS) is 17.8. The average Bonchev–Trinajstić information content (AvgIpc) is 2.62. The van der Waals surface area contributed by atoms with E-state index in [0.29, 0.717) is 17.3 Å². The van der Waals surface area contributed by atoms with E-state index in [1.54, 1.807) is 25.4 Å². The first kappa shape index (κ1) is 15.8. The minimum absolute atomic E-state index is 0.0718. The number of rotatable bonds is 3. The Labute approximate surface area is 141 Å². The second kappa shape index (κ2) is 7.01. The molecule has 0 bridgehead atoms. The van der Waals surface area contributed by atoms with Crippen LogP contribution in [0.5, 0.6) is 0 Å². The van der Waals surface area contributed by atoms with E-state index in [0.717, 1.165) is 31.0 Å². The number of likely N-dealkylation sites (tertiary alicyclic amines) is 1. The summed E-state index contributed by atoms with van der Waals surface area (Å²) in [5.41, 5.74) is 1.93. The predicted octanol–water partition coefficient (Wildman–Crippen LogP) is 3.80. The molecule has 1 aromatic heterocycles. The average molecular weight is 330 g/mol. The fourth-order valence-electron chi connectivity index (χ4n) is 3.05. The number of anilines is 1. The van der Waals surface area contributed by atoms with Gasteiger partial charge in [0.15, 0.2) is 0 Å². The lowest BCUT2D eigenvalue weighted by atomic mass is 9.90. The van der Waals surface area contributed by atoms with Crippen LogP contribution in [-0.2, 0) is 0 Å². The van der Waals surface area contributed by atoms with E-state index >= 15 is 0 Å². The second-order valence-electron chi connectivity index (χ2n) is 5.82. The van der Waals surface area contributed by atoms with Crippen molar-refractivity contribution >= 4 is 23.3 Å². The molecule has 0 saturated carbocycles. The number of piperidine rings is 1. The molecule has 1 fully saturated rings. The molecule has 1 N–H and O–H groups in total. The first-order valence-electron chi connectivity index (χ1n) is 7.86. The lowest BCUT2D eigenvalue weighted by Gasteiger charge is -2.33. The highest BCUT2D eigenvalue weighted by atomic mass is 35.5. The molecule has 23 heavy (non-hydrogen) atoms. The maximum atomic E-state index is 12.7. The summed E-state index contributed by atoms with van der Waals surface area (Å²) >= 11 is 5.96. The van der Waals surface area contributed by atoms with Gasteiger partial charge in [-0.05, 0) is 42.7 Å². The van der Waals surface area contributed by atoms with E-state index < -0.39 is 0 Å². The molecule has 1 saturated heterocycles. The molecule has 1 aliphatic heterocycles. The van der Waals surface area contributed by atoms with E-state index in [2.05, 4.69) is 22.4 Å². The number of carbonyl (C=O) groups is 1. The van der Waals surface area contributed by atoms with Gasteiger partial charge in [0.2, 0.25) is 0 Å². The summed E-state index contributed by atoms with van der Waals surface area (Å²) in [7, 11) is 1.80. The van der Waals surface area contributed by atoms with Crippen LogP contribution in [0, 0.1) is 0 Å². The minimum Gasteiger partial charge on any atom is -0.373 e. The molecular formula is C18H20ClN3O. The lowest BCUT2D eigenvalue weighted by Crippen LogP contribution is -2.39. The third kappa shape index (κ3) is 3.64. The maximum absolute atomic E-state index is 12.7. The molecule has 1 atom stereocenters. The molecule has 5 heteroatoms. The van der Waals surface area contributed by atoms with Crippen LogP contribution in [-0.4, -0.2) is 35.9 Å². The summed E-state index contributed by atoms with van der Waals surface area (Å²) in [5.74, 6) is 1.15. The monoisotopic (exact) mass is 329 g/mol. The van der Waals surface area contributed by atoms with Gasteiger partial charge in [-0.25, -0.2) is 4.98 Å². The summed E-state index contributed by atoms with van der Waals surface area (Å²) in [6.07, 6.45) is 3.78. The number of nitrogens with one attached hydrogen (secondary N) is 1. The largest absolute Gasteiger partial charge is 0.373 e. The van der Waals surface area contributed by atoms with Crippen LogP contribution in [0.3, 0.4) is 0 Å². The van der Waals surface area contributed by atoms with Crippen LogP contribution < -0.4 is 5.32 Å². The van der Waals surface area contributed by atoms with E-state index in [9.17, 15) is 4.79 Å². The molecule has 0 radical (unpaired) electrons. The number of halogens is 1. The number of nitrogens with zero attached hydrogens (tertiary/aromatic N) is 2. The highest BCUT2D eigenvalue weighted by Gasteiger charge is 2.25. The van der Waals surface area contributed by atoms with Crippen molar-refractivity contribution in [1.82, 2.24) is 9.88 Å². The number of amides is 1. The first-order valence-corrected chi connectivity index (χ1v) is 8.23. The van der Waals surface area contributed by atoms with E-state index in [1.165, 1.54) is 5.56 Å². The molecule has 1 amide bonds.